The molecule has 0 aliphatic heterocycles. The summed E-state index contributed by atoms with van der Waals surface area (Å²) in [5.74, 6) is 0.925. The molecule has 0 spiro atoms. The maximum Gasteiger partial charge on any atom is 0.0719 e. The second-order valence-electron chi connectivity index (χ2n) is 4.83. The lowest BCUT2D eigenvalue weighted by Gasteiger charge is -2.25. The van der Waals surface area contributed by atoms with Crippen molar-refractivity contribution in [1.82, 2.24) is 5.32 Å². The number of hydrogen-bond acceptors (Lipinski definition) is 2. The standard InChI is InChI=1S/C15H23NO/c1-2-17-12-15-9-4-3-8-14(15)11-16-10-13-6-5-7-13/h3-4,8-9,13,16H,2,5-7,10-12H2,1H3. The van der Waals surface area contributed by atoms with Gasteiger partial charge in [-0.3, -0.25) is 0 Å². The lowest BCUT2D eigenvalue weighted by molar-refractivity contribution is 0.133. The van der Waals surface area contributed by atoms with E-state index in [1.807, 2.05) is 6.92 Å². The average molecular weight is 233 g/mol. The van der Waals surface area contributed by atoms with Crippen molar-refractivity contribution in [3.05, 3.63) is 35.4 Å². The summed E-state index contributed by atoms with van der Waals surface area (Å²) in [5.41, 5.74) is 2.69. The topological polar surface area (TPSA) is 21.3 Å². The summed E-state index contributed by atoms with van der Waals surface area (Å²) in [6, 6.07) is 8.55. The SMILES string of the molecule is CCOCc1ccccc1CNCC1CCC1. The van der Waals surface area contributed by atoms with Gasteiger partial charge in [0.05, 0.1) is 6.61 Å². The van der Waals surface area contributed by atoms with Crippen molar-refractivity contribution < 1.29 is 4.74 Å². The van der Waals surface area contributed by atoms with Crippen molar-refractivity contribution >= 4 is 0 Å². The third kappa shape index (κ3) is 3.83. The lowest BCUT2D eigenvalue weighted by atomic mass is 9.85. The summed E-state index contributed by atoms with van der Waals surface area (Å²) >= 11 is 0. The maximum absolute atomic E-state index is 5.49. The van der Waals surface area contributed by atoms with Gasteiger partial charge in [-0.1, -0.05) is 30.7 Å². The summed E-state index contributed by atoms with van der Waals surface area (Å²) in [6.45, 7) is 5.70. The van der Waals surface area contributed by atoms with Crippen LogP contribution in [-0.2, 0) is 17.9 Å². The molecule has 1 aromatic rings. The third-order valence-electron chi connectivity index (χ3n) is 3.55. The van der Waals surface area contributed by atoms with Gasteiger partial charge in [0.15, 0.2) is 0 Å². The Bertz CT molecular complexity index is 333. The highest BCUT2D eigenvalue weighted by Crippen LogP contribution is 2.25. The Balaban J connectivity index is 1.80. The van der Waals surface area contributed by atoms with E-state index in [0.29, 0.717) is 0 Å². The van der Waals surface area contributed by atoms with Gasteiger partial charge in [-0.15, -0.1) is 0 Å². The molecule has 1 aromatic carbocycles. The van der Waals surface area contributed by atoms with Gasteiger partial charge >= 0.3 is 0 Å². The molecular formula is C15H23NO. The Hall–Kier alpha value is -0.860. The molecule has 0 unspecified atom stereocenters. The number of ether oxygens (including phenoxy) is 1. The van der Waals surface area contributed by atoms with Crippen LogP contribution in [0.25, 0.3) is 0 Å². The van der Waals surface area contributed by atoms with Crippen LogP contribution >= 0.6 is 0 Å². The van der Waals surface area contributed by atoms with Gasteiger partial charge in [-0.25, -0.2) is 0 Å². The zero-order valence-corrected chi connectivity index (χ0v) is 10.7. The molecule has 2 rings (SSSR count). The van der Waals surface area contributed by atoms with Crippen molar-refractivity contribution in [1.29, 1.82) is 0 Å². The molecule has 0 bridgehead atoms. The van der Waals surface area contributed by atoms with E-state index < -0.39 is 0 Å². The van der Waals surface area contributed by atoms with E-state index in [4.69, 9.17) is 4.74 Å². The Kier molecular flexibility index (Phi) is 5.02. The van der Waals surface area contributed by atoms with Crippen molar-refractivity contribution in [3.8, 4) is 0 Å². The minimum absolute atomic E-state index is 0.734. The van der Waals surface area contributed by atoms with E-state index in [-0.39, 0.29) is 0 Å². The number of benzene rings is 1. The van der Waals surface area contributed by atoms with Crippen LogP contribution in [0, 0.1) is 5.92 Å². The van der Waals surface area contributed by atoms with Crippen LogP contribution in [-0.4, -0.2) is 13.2 Å². The van der Waals surface area contributed by atoms with E-state index >= 15 is 0 Å². The van der Waals surface area contributed by atoms with Gasteiger partial charge in [-0.2, -0.15) is 0 Å². The summed E-state index contributed by atoms with van der Waals surface area (Å²) in [6.07, 6.45) is 4.24. The van der Waals surface area contributed by atoms with Crippen molar-refractivity contribution in [2.75, 3.05) is 13.2 Å². The second kappa shape index (κ2) is 6.77. The molecule has 94 valence electrons. The smallest absolute Gasteiger partial charge is 0.0719 e. The molecule has 1 aliphatic carbocycles. The first-order valence-electron chi connectivity index (χ1n) is 6.75. The third-order valence-corrected chi connectivity index (χ3v) is 3.55. The van der Waals surface area contributed by atoms with Crippen molar-refractivity contribution in [3.63, 3.8) is 0 Å². The largest absolute Gasteiger partial charge is 0.377 e. The maximum atomic E-state index is 5.49. The molecule has 0 heterocycles. The molecule has 2 heteroatoms. The molecule has 0 aromatic heterocycles. The first kappa shape index (κ1) is 12.6. The molecule has 1 aliphatic rings. The molecule has 1 fully saturated rings. The van der Waals surface area contributed by atoms with Crippen LogP contribution in [0.1, 0.15) is 37.3 Å². The minimum atomic E-state index is 0.734. The zero-order valence-electron chi connectivity index (χ0n) is 10.7. The fraction of sp³-hybridized carbons (Fsp3) is 0.600. The molecule has 17 heavy (non-hydrogen) atoms. The van der Waals surface area contributed by atoms with Gasteiger partial charge in [-0.05, 0) is 43.4 Å². The predicted molar refractivity (Wildman–Crippen MR) is 70.8 cm³/mol. The van der Waals surface area contributed by atoms with Gasteiger partial charge in [0.25, 0.3) is 0 Å². The summed E-state index contributed by atoms with van der Waals surface area (Å²) in [5, 5.41) is 3.56. The lowest BCUT2D eigenvalue weighted by Crippen LogP contribution is -2.27. The Morgan fingerprint density at radius 2 is 2.00 bits per heavy atom. The highest BCUT2D eigenvalue weighted by atomic mass is 16.5. The predicted octanol–water partition coefficient (Wildman–Crippen LogP) is 3.11. The first-order chi connectivity index (χ1) is 8.40. The quantitative estimate of drug-likeness (QED) is 0.781. The monoisotopic (exact) mass is 233 g/mol. The van der Waals surface area contributed by atoms with Crippen LogP contribution in [0.15, 0.2) is 24.3 Å². The van der Waals surface area contributed by atoms with E-state index in [1.54, 1.807) is 0 Å². The van der Waals surface area contributed by atoms with E-state index in [0.717, 1.165) is 25.7 Å². The normalized spacial score (nSPS) is 15.8. The van der Waals surface area contributed by atoms with Gasteiger partial charge in [0.2, 0.25) is 0 Å². The molecule has 0 atom stereocenters. The van der Waals surface area contributed by atoms with E-state index in [9.17, 15) is 0 Å². The highest BCUT2D eigenvalue weighted by Gasteiger charge is 2.16. The number of rotatable bonds is 7. The molecule has 0 radical (unpaired) electrons. The minimum Gasteiger partial charge on any atom is -0.377 e. The Labute approximate surface area is 104 Å². The number of hydrogen-bond donors (Lipinski definition) is 1. The molecule has 0 saturated heterocycles. The van der Waals surface area contributed by atoms with Gasteiger partial charge < -0.3 is 10.1 Å². The van der Waals surface area contributed by atoms with Crippen LogP contribution < -0.4 is 5.32 Å². The highest BCUT2D eigenvalue weighted by molar-refractivity contribution is 5.26. The first-order valence-corrected chi connectivity index (χ1v) is 6.75. The fourth-order valence-electron chi connectivity index (χ4n) is 2.19. The van der Waals surface area contributed by atoms with Crippen LogP contribution in [0.2, 0.25) is 0 Å². The second-order valence-corrected chi connectivity index (χ2v) is 4.83. The summed E-state index contributed by atoms with van der Waals surface area (Å²) in [7, 11) is 0. The molecular weight excluding hydrogens is 210 g/mol. The van der Waals surface area contributed by atoms with E-state index in [2.05, 4.69) is 29.6 Å². The van der Waals surface area contributed by atoms with Crippen molar-refractivity contribution in [2.24, 2.45) is 5.92 Å². The molecule has 1 saturated carbocycles. The van der Waals surface area contributed by atoms with Gasteiger partial charge in [0.1, 0.15) is 0 Å². The van der Waals surface area contributed by atoms with Crippen LogP contribution in [0.3, 0.4) is 0 Å². The Morgan fingerprint density at radius 3 is 2.65 bits per heavy atom. The summed E-state index contributed by atoms with van der Waals surface area (Å²) in [4.78, 5) is 0. The summed E-state index contributed by atoms with van der Waals surface area (Å²) < 4.78 is 5.49. The Morgan fingerprint density at radius 1 is 1.24 bits per heavy atom. The van der Waals surface area contributed by atoms with Crippen LogP contribution in [0.4, 0.5) is 0 Å². The fourth-order valence-corrected chi connectivity index (χ4v) is 2.19. The zero-order chi connectivity index (χ0) is 11.9. The molecule has 0 amide bonds. The van der Waals surface area contributed by atoms with Crippen molar-refractivity contribution in [2.45, 2.75) is 39.3 Å². The number of nitrogens with one attached hydrogen (secondary N) is 1. The van der Waals surface area contributed by atoms with E-state index in [1.165, 1.54) is 36.9 Å². The van der Waals surface area contributed by atoms with Gasteiger partial charge in [0, 0.05) is 13.2 Å². The molecule has 1 N–H and O–H groups in total. The molecule has 2 nitrogen and oxygen atoms in total. The van der Waals surface area contributed by atoms with Crippen LogP contribution in [0.5, 0.6) is 0 Å². The average Bonchev–Trinajstić information content (AvgIpc) is 2.31.